The third-order valence-corrected chi connectivity index (χ3v) is 4.13. The molecule has 7 nitrogen and oxygen atoms in total. The Morgan fingerprint density at radius 2 is 1.74 bits per heavy atom. The Labute approximate surface area is 158 Å². The molecule has 0 unspecified atom stereocenters. The van der Waals surface area contributed by atoms with Crippen molar-refractivity contribution < 1.29 is 14.5 Å². The Bertz CT molecular complexity index is 747. The number of amides is 1. The van der Waals surface area contributed by atoms with Gasteiger partial charge in [-0.25, -0.2) is 0 Å². The van der Waals surface area contributed by atoms with Crippen molar-refractivity contribution in [2.24, 2.45) is 0 Å². The summed E-state index contributed by atoms with van der Waals surface area (Å²) in [6.07, 6.45) is 4.00. The number of carbonyl (C=O) groups excluding carboxylic acids is 1. The molecular weight excluding hydrogens is 346 g/mol. The fourth-order valence-electron chi connectivity index (χ4n) is 2.61. The number of ether oxygens (including phenoxy) is 1. The standard InChI is InChI=1S/C20H25N3O4/c1-27-19-8-6-7-16(15-19)20(24)22-14-5-3-2-4-13-21-17-9-11-18(12-10-17)23(25)26/h6-12,15,21H,2-5,13-14H2,1H3,(H,22,24). The van der Waals surface area contributed by atoms with E-state index in [-0.39, 0.29) is 11.6 Å². The van der Waals surface area contributed by atoms with Crippen LogP contribution in [-0.2, 0) is 0 Å². The van der Waals surface area contributed by atoms with Gasteiger partial charge >= 0.3 is 0 Å². The summed E-state index contributed by atoms with van der Waals surface area (Å²) in [7, 11) is 1.58. The molecule has 0 aliphatic heterocycles. The van der Waals surface area contributed by atoms with E-state index in [1.807, 2.05) is 6.07 Å². The Morgan fingerprint density at radius 3 is 2.41 bits per heavy atom. The summed E-state index contributed by atoms with van der Waals surface area (Å²) < 4.78 is 5.12. The lowest BCUT2D eigenvalue weighted by atomic mass is 10.1. The first-order valence-corrected chi connectivity index (χ1v) is 9.01. The third kappa shape index (κ3) is 6.97. The van der Waals surface area contributed by atoms with Gasteiger partial charge in [0.25, 0.3) is 11.6 Å². The molecule has 2 N–H and O–H groups in total. The van der Waals surface area contributed by atoms with Gasteiger partial charge in [-0.2, -0.15) is 0 Å². The Kier molecular flexibility index (Phi) is 8.09. The summed E-state index contributed by atoms with van der Waals surface area (Å²) in [5.41, 5.74) is 1.57. The lowest BCUT2D eigenvalue weighted by molar-refractivity contribution is -0.384. The van der Waals surface area contributed by atoms with E-state index in [1.54, 1.807) is 37.4 Å². The predicted octanol–water partition coefficient (Wildman–Crippen LogP) is 4.01. The van der Waals surface area contributed by atoms with Gasteiger partial charge in [-0.05, 0) is 43.2 Å². The molecule has 0 spiro atoms. The zero-order chi connectivity index (χ0) is 19.5. The first-order chi connectivity index (χ1) is 13.1. The molecule has 2 aromatic carbocycles. The number of anilines is 1. The van der Waals surface area contributed by atoms with Gasteiger partial charge in [0.2, 0.25) is 0 Å². The highest BCUT2D eigenvalue weighted by molar-refractivity contribution is 5.94. The van der Waals surface area contributed by atoms with E-state index in [9.17, 15) is 14.9 Å². The summed E-state index contributed by atoms with van der Waals surface area (Å²) in [6, 6.07) is 13.5. The van der Waals surface area contributed by atoms with Crippen LogP contribution in [0.4, 0.5) is 11.4 Å². The van der Waals surface area contributed by atoms with Crippen molar-refractivity contribution in [3.63, 3.8) is 0 Å². The van der Waals surface area contributed by atoms with Crippen molar-refractivity contribution >= 4 is 17.3 Å². The molecule has 2 aromatic rings. The van der Waals surface area contributed by atoms with Crippen LogP contribution in [0.1, 0.15) is 36.0 Å². The monoisotopic (exact) mass is 371 g/mol. The van der Waals surface area contributed by atoms with E-state index in [4.69, 9.17) is 4.74 Å². The second kappa shape index (κ2) is 10.8. The molecular formula is C20H25N3O4. The Hall–Kier alpha value is -3.09. The second-order valence-electron chi connectivity index (χ2n) is 6.13. The van der Waals surface area contributed by atoms with Gasteiger partial charge in [-0.1, -0.05) is 18.9 Å². The van der Waals surface area contributed by atoms with Crippen LogP contribution in [0.15, 0.2) is 48.5 Å². The number of rotatable bonds is 11. The zero-order valence-corrected chi connectivity index (χ0v) is 15.4. The van der Waals surface area contributed by atoms with E-state index in [2.05, 4.69) is 10.6 Å². The summed E-state index contributed by atoms with van der Waals surface area (Å²) >= 11 is 0. The van der Waals surface area contributed by atoms with Crippen molar-refractivity contribution in [1.82, 2.24) is 5.32 Å². The molecule has 0 heterocycles. The molecule has 7 heteroatoms. The number of non-ortho nitro benzene ring substituents is 1. The van der Waals surface area contributed by atoms with Gasteiger partial charge in [-0.15, -0.1) is 0 Å². The highest BCUT2D eigenvalue weighted by Crippen LogP contribution is 2.15. The number of hydrogen-bond acceptors (Lipinski definition) is 5. The fraction of sp³-hybridized carbons (Fsp3) is 0.350. The van der Waals surface area contributed by atoms with Crippen LogP contribution in [0, 0.1) is 10.1 Å². The molecule has 0 fully saturated rings. The molecule has 0 aliphatic carbocycles. The Morgan fingerprint density at radius 1 is 1.04 bits per heavy atom. The molecule has 0 atom stereocenters. The minimum atomic E-state index is -0.406. The number of benzene rings is 2. The van der Waals surface area contributed by atoms with Gasteiger partial charge < -0.3 is 15.4 Å². The molecule has 27 heavy (non-hydrogen) atoms. The normalized spacial score (nSPS) is 10.3. The summed E-state index contributed by atoms with van der Waals surface area (Å²) in [4.78, 5) is 22.2. The number of methoxy groups -OCH3 is 1. The molecule has 0 bridgehead atoms. The minimum absolute atomic E-state index is 0.0891. The first kappa shape index (κ1) is 20.2. The predicted molar refractivity (Wildman–Crippen MR) is 105 cm³/mol. The van der Waals surface area contributed by atoms with Crippen molar-refractivity contribution in [2.75, 3.05) is 25.5 Å². The molecule has 144 valence electrons. The second-order valence-corrected chi connectivity index (χ2v) is 6.13. The van der Waals surface area contributed by atoms with Crippen molar-refractivity contribution in [3.8, 4) is 5.75 Å². The highest BCUT2D eigenvalue weighted by Gasteiger charge is 2.06. The van der Waals surface area contributed by atoms with E-state index >= 15 is 0 Å². The minimum Gasteiger partial charge on any atom is -0.497 e. The lowest BCUT2D eigenvalue weighted by Gasteiger charge is -2.08. The molecule has 0 radical (unpaired) electrons. The van der Waals surface area contributed by atoms with Crippen molar-refractivity contribution in [3.05, 3.63) is 64.2 Å². The SMILES string of the molecule is COc1cccc(C(=O)NCCCCCCNc2ccc([N+](=O)[O-])cc2)c1. The number of nitrogens with zero attached hydrogens (tertiary/aromatic N) is 1. The average Bonchev–Trinajstić information content (AvgIpc) is 2.70. The van der Waals surface area contributed by atoms with E-state index in [0.29, 0.717) is 17.9 Å². The van der Waals surface area contributed by atoms with Crippen LogP contribution >= 0.6 is 0 Å². The smallest absolute Gasteiger partial charge is 0.269 e. The van der Waals surface area contributed by atoms with Crippen molar-refractivity contribution in [1.29, 1.82) is 0 Å². The van der Waals surface area contributed by atoms with Crippen LogP contribution in [0.25, 0.3) is 0 Å². The molecule has 2 rings (SSSR count). The van der Waals surface area contributed by atoms with Gasteiger partial charge in [0.05, 0.1) is 12.0 Å². The van der Waals surface area contributed by atoms with Crippen LogP contribution < -0.4 is 15.4 Å². The van der Waals surface area contributed by atoms with Gasteiger partial charge in [0.1, 0.15) is 5.75 Å². The van der Waals surface area contributed by atoms with E-state index in [1.165, 1.54) is 12.1 Å². The van der Waals surface area contributed by atoms with E-state index < -0.39 is 4.92 Å². The number of carbonyl (C=O) groups is 1. The van der Waals surface area contributed by atoms with Crippen LogP contribution in [0.5, 0.6) is 5.75 Å². The fourth-order valence-corrected chi connectivity index (χ4v) is 2.61. The quantitative estimate of drug-likeness (QED) is 0.354. The number of hydrogen-bond donors (Lipinski definition) is 2. The molecule has 1 amide bonds. The molecule has 0 saturated heterocycles. The lowest BCUT2D eigenvalue weighted by Crippen LogP contribution is -2.24. The van der Waals surface area contributed by atoms with Crippen LogP contribution in [0.2, 0.25) is 0 Å². The maximum Gasteiger partial charge on any atom is 0.269 e. The maximum absolute atomic E-state index is 12.1. The largest absolute Gasteiger partial charge is 0.497 e. The number of unbranched alkanes of at least 4 members (excludes halogenated alkanes) is 3. The topological polar surface area (TPSA) is 93.5 Å². The Balaban J connectivity index is 1.54. The summed E-state index contributed by atoms with van der Waals surface area (Å²) in [6.45, 7) is 1.46. The summed E-state index contributed by atoms with van der Waals surface area (Å²) in [5, 5.41) is 16.8. The first-order valence-electron chi connectivity index (χ1n) is 9.01. The summed E-state index contributed by atoms with van der Waals surface area (Å²) in [5.74, 6) is 0.580. The molecule has 0 aliphatic rings. The van der Waals surface area contributed by atoms with E-state index in [0.717, 1.165) is 37.9 Å². The van der Waals surface area contributed by atoms with Crippen LogP contribution in [0.3, 0.4) is 0 Å². The third-order valence-electron chi connectivity index (χ3n) is 4.13. The number of nitro benzene ring substituents is 1. The molecule has 0 saturated carbocycles. The average molecular weight is 371 g/mol. The van der Waals surface area contributed by atoms with Gasteiger partial charge in [0, 0.05) is 36.5 Å². The highest BCUT2D eigenvalue weighted by atomic mass is 16.6. The van der Waals surface area contributed by atoms with Gasteiger partial charge in [0.15, 0.2) is 0 Å². The van der Waals surface area contributed by atoms with Crippen molar-refractivity contribution in [2.45, 2.75) is 25.7 Å². The molecule has 0 aromatic heterocycles. The van der Waals surface area contributed by atoms with Crippen LogP contribution in [-0.4, -0.2) is 31.0 Å². The number of nitrogens with one attached hydrogen (secondary N) is 2. The maximum atomic E-state index is 12.1. The zero-order valence-electron chi connectivity index (χ0n) is 15.4. The number of nitro groups is 1. The van der Waals surface area contributed by atoms with Gasteiger partial charge in [-0.3, -0.25) is 14.9 Å².